The lowest BCUT2D eigenvalue weighted by atomic mass is 9.75. The highest BCUT2D eigenvalue weighted by atomic mass is 16.5. The number of hydrogen-bond acceptors (Lipinski definition) is 10. The Kier molecular flexibility index (Phi) is 29.0. The number of nitrogens with two attached hydrogens (primary N) is 2. The number of carboxylic acids is 1. The average molecular weight is 1080 g/mol. The van der Waals surface area contributed by atoms with Crippen LogP contribution in [0.25, 0.3) is 0 Å². The van der Waals surface area contributed by atoms with Gasteiger partial charge in [-0.25, -0.2) is 0 Å². The number of primary amides is 2. The van der Waals surface area contributed by atoms with Gasteiger partial charge in [0.15, 0.2) is 0 Å². The fourth-order valence-corrected chi connectivity index (χ4v) is 11.6. The summed E-state index contributed by atoms with van der Waals surface area (Å²) in [7, 11) is 0. The molecule has 0 spiro atoms. The first kappa shape index (κ1) is 62.7. The first-order valence-electron chi connectivity index (χ1n) is 29.3. The Morgan fingerprint density at radius 3 is 2.15 bits per heavy atom. The molecule has 0 bridgehead atoms. The molecule has 0 aliphatic carbocycles. The van der Waals surface area contributed by atoms with Crippen LogP contribution in [0.2, 0.25) is 0 Å². The lowest BCUT2D eigenvalue weighted by Crippen LogP contribution is -3.17. The summed E-state index contributed by atoms with van der Waals surface area (Å²) in [5, 5.41) is 24.7. The van der Waals surface area contributed by atoms with Gasteiger partial charge in [0, 0.05) is 101 Å². The van der Waals surface area contributed by atoms with Gasteiger partial charge >= 0.3 is 0 Å². The van der Waals surface area contributed by atoms with Crippen molar-refractivity contribution < 1.29 is 43.5 Å². The number of ether oxygens (including phenoxy) is 1. The maximum Gasteiger partial charge on any atom is 0.224 e. The number of benzene rings is 3. The number of para-hydroxylation sites is 1. The van der Waals surface area contributed by atoms with Gasteiger partial charge in [0.1, 0.15) is 0 Å². The Morgan fingerprint density at radius 2 is 1.44 bits per heavy atom. The van der Waals surface area contributed by atoms with Crippen molar-refractivity contribution in [1.82, 2.24) is 16.1 Å². The SMILES string of the molecule is CCOC(CCC(CCCC(=O)NCCCCc1ccc(CCC(N)=O)cc1CC(=O)NCCCCC1C=NNC1)CC(=O)Nc1ccccc1)CC[NH+]1CC(CCc2ccccc2)C(CCCC(=O)[O-])CC1CCC(N)=O. The number of nitrogens with one attached hydrogen (secondary N) is 5. The van der Waals surface area contributed by atoms with E-state index in [1.54, 1.807) is 0 Å². The summed E-state index contributed by atoms with van der Waals surface area (Å²) >= 11 is 0. The zero-order valence-corrected chi connectivity index (χ0v) is 46.6. The van der Waals surface area contributed by atoms with Crippen LogP contribution >= 0.6 is 0 Å². The normalized spacial score (nSPS) is 18.6. The summed E-state index contributed by atoms with van der Waals surface area (Å²) < 4.78 is 6.41. The molecule has 0 radical (unpaired) electrons. The van der Waals surface area contributed by atoms with Crippen LogP contribution in [0.15, 0.2) is 84.0 Å². The van der Waals surface area contributed by atoms with Crippen molar-refractivity contribution in [2.45, 2.75) is 173 Å². The molecule has 0 aromatic heterocycles. The highest BCUT2D eigenvalue weighted by molar-refractivity contribution is 5.90. The number of unbranched alkanes of at least 4 members (excludes halogenated alkanes) is 2. The summed E-state index contributed by atoms with van der Waals surface area (Å²) in [6.07, 6.45) is 17.9. The zero-order chi connectivity index (χ0) is 55.7. The van der Waals surface area contributed by atoms with Gasteiger partial charge in [-0.1, -0.05) is 73.2 Å². The Morgan fingerprint density at radius 1 is 0.692 bits per heavy atom. The Labute approximate surface area is 464 Å². The van der Waals surface area contributed by atoms with Crippen molar-refractivity contribution in [1.29, 1.82) is 0 Å². The Balaban J connectivity index is 1.12. The largest absolute Gasteiger partial charge is 0.550 e. The molecule has 0 saturated carbocycles. The van der Waals surface area contributed by atoms with Crippen LogP contribution in [-0.2, 0) is 59.2 Å². The van der Waals surface area contributed by atoms with Crippen LogP contribution < -0.4 is 42.8 Å². The summed E-state index contributed by atoms with van der Waals surface area (Å²) in [6, 6.07) is 26.2. The van der Waals surface area contributed by atoms with Crippen LogP contribution in [0.5, 0.6) is 0 Å². The van der Waals surface area contributed by atoms with Gasteiger partial charge in [-0.15, -0.1) is 0 Å². The van der Waals surface area contributed by atoms with Gasteiger partial charge in [-0.2, -0.15) is 5.10 Å². The van der Waals surface area contributed by atoms with Gasteiger partial charge in [0.05, 0.1) is 31.7 Å². The van der Waals surface area contributed by atoms with Crippen molar-refractivity contribution in [2.75, 3.05) is 44.6 Å². The second-order valence-electron chi connectivity index (χ2n) is 22.0. The van der Waals surface area contributed by atoms with Crippen molar-refractivity contribution in [2.24, 2.45) is 40.2 Å². The molecule has 428 valence electrons. The first-order chi connectivity index (χ1) is 37.8. The molecule has 1 fully saturated rings. The number of amides is 5. The van der Waals surface area contributed by atoms with E-state index < -0.39 is 5.97 Å². The molecule has 16 heteroatoms. The van der Waals surface area contributed by atoms with E-state index in [0.717, 1.165) is 125 Å². The van der Waals surface area contributed by atoms with Crippen LogP contribution in [-0.4, -0.2) is 93.2 Å². The zero-order valence-electron chi connectivity index (χ0n) is 46.6. The molecule has 2 aliphatic rings. The predicted octanol–water partition coefficient (Wildman–Crippen LogP) is 5.68. The molecule has 5 amide bonds. The highest BCUT2D eigenvalue weighted by Gasteiger charge is 2.38. The number of carbonyl (C=O) groups excluding carboxylic acids is 6. The van der Waals surface area contributed by atoms with E-state index in [0.29, 0.717) is 88.8 Å². The molecule has 16 nitrogen and oxygen atoms in total. The van der Waals surface area contributed by atoms with Crippen molar-refractivity contribution in [3.63, 3.8) is 0 Å². The van der Waals surface area contributed by atoms with E-state index in [9.17, 15) is 33.9 Å². The van der Waals surface area contributed by atoms with Gasteiger partial charge < -0.3 is 52.4 Å². The van der Waals surface area contributed by atoms with E-state index in [1.807, 2.05) is 67.7 Å². The number of aliphatic carboxylic acids is 1. The molecular weight excluding hydrogens is 985 g/mol. The fraction of sp³-hybridized carbons (Fsp3) is 0.597. The van der Waals surface area contributed by atoms with Gasteiger partial charge in [0.2, 0.25) is 29.5 Å². The van der Waals surface area contributed by atoms with E-state index >= 15 is 0 Å². The quantitative estimate of drug-likeness (QED) is 0.0346. The Hall–Kier alpha value is -6.13. The molecule has 2 aliphatic heterocycles. The second kappa shape index (κ2) is 36.1. The Bertz CT molecular complexity index is 2300. The van der Waals surface area contributed by atoms with Crippen molar-refractivity contribution in [3.8, 4) is 0 Å². The van der Waals surface area contributed by atoms with Gasteiger partial charge in [-0.05, 0) is 149 Å². The standard InChI is InChI=1S/C62H92N8O8/c1-2-78-56(35-38-70-45-52(30-25-46-15-5-3-6-16-46)51(20-14-24-62(76)77)41-55(70)31-34-58(64)72)32-27-47(40-61(75)69-54-21-7-4-8-22-54)18-13-23-59(73)65-36-12-10-19-50-29-26-48(28-33-57(63)71)39-53(50)42-60(74)66-37-11-9-17-49-43-67-68-44-49/h3-8,15-16,21-22,26,29,39,43,47,49,51-52,55-56,68H,2,9-14,17-20,23-25,27-28,30-38,40-42,44-45H2,1H3,(H2,63,71)(H2,64,72)(H,65,73)(H,66,74)(H,69,75)(H,76,77). The molecule has 5 rings (SSSR count). The maximum absolute atomic E-state index is 13.5. The van der Waals surface area contributed by atoms with E-state index in [4.69, 9.17) is 16.2 Å². The molecule has 1 saturated heterocycles. The minimum Gasteiger partial charge on any atom is -0.550 e. The van der Waals surface area contributed by atoms with Crippen LogP contribution in [0.4, 0.5) is 5.69 Å². The third kappa shape index (κ3) is 25.6. The molecule has 7 atom stereocenters. The summed E-state index contributed by atoms with van der Waals surface area (Å²) in [5.41, 5.74) is 19.2. The summed E-state index contributed by atoms with van der Waals surface area (Å²) in [5.74, 6) is -0.562. The number of likely N-dealkylation sites (tertiary alicyclic amines) is 1. The highest BCUT2D eigenvalue weighted by Crippen LogP contribution is 2.31. The third-order valence-corrected chi connectivity index (χ3v) is 15.9. The predicted molar refractivity (Wildman–Crippen MR) is 305 cm³/mol. The minimum atomic E-state index is -1.02. The molecule has 2 heterocycles. The molecule has 3 aromatic rings. The number of rotatable bonds is 40. The number of hydrogen-bond donors (Lipinski definition) is 7. The van der Waals surface area contributed by atoms with Gasteiger partial charge in [-0.3, -0.25) is 24.0 Å². The summed E-state index contributed by atoms with van der Waals surface area (Å²) in [6.45, 7) is 6.39. The topological polar surface area (TPSA) is 252 Å². The van der Waals surface area contributed by atoms with E-state index in [-0.39, 0.29) is 66.9 Å². The molecule has 7 unspecified atom stereocenters. The first-order valence-corrected chi connectivity index (χ1v) is 29.3. The lowest BCUT2D eigenvalue weighted by molar-refractivity contribution is -0.936. The third-order valence-electron chi connectivity index (χ3n) is 15.9. The van der Waals surface area contributed by atoms with Crippen LogP contribution in [0, 0.1) is 23.7 Å². The smallest absolute Gasteiger partial charge is 0.224 e. The molecule has 9 N–H and O–H groups in total. The number of anilines is 1. The number of aryl methyl sites for hydroxylation is 3. The number of carboxylic acid groups (broad SMARTS) is 1. The molecule has 3 aromatic carbocycles. The number of piperidine rings is 1. The number of quaternary nitrogens is 1. The number of hydrazone groups is 1. The summed E-state index contributed by atoms with van der Waals surface area (Å²) in [4.78, 5) is 76.2. The van der Waals surface area contributed by atoms with Crippen LogP contribution in [0.1, 0.15) is 158 Å². The average Bonchev–Trinajstić information content (AvgIpc) is 3.95. The second-order valence-corrected chi connectivity index (χ2v) is 22.0. The van der Waals surface area contributed by atoms with Crippen LogP contribution in [0.3, 0.4) is 0 Å². The van der Waals surface area contributed by atoms with Gasteiger partial charge in [0.25, 0.3) is 0 Å². The maximum atomic E-state index is 13.5. The number of nitrogens with zero attached hydrogens (tertiary/aromatic N) is 1. The van der Waals surface area contributed by atoms with Crippen molar-refractivity contribution in [3.05, 3.63) is 101 Å². The minimum absolute atomic E-state index is 0.0162. The molecule has 78 heavy (non-hydrogen) atoms. The van der Waals surface area contributed by atoms with E-state index in [2.05, 4.69) is 50.7 Å². The van der Waals surface area contributed by atoms with E-state index in [1.165, 1.54) is 10.5 Å². The molecular formula is C62H92N8O8. The van der Waals surface area contributed by atoms with Crippen molar-refractivity contribution >= 4 is 47.4 Å². The monoisotopic (exact) mass is 1080 g/mol. The number of carbonyl (C=O) groups is 6. The fourth-order valence-electron chi connectivity index (χ4n) is 11.6. The lowest BCUT2D eigenvalue weighted by Gasteiger charge is -2.42.